The number of carbonyl (C=O) groups is 1. The number of nitrogens with zero attached hydrogens (tertiary/aromatic N) is 1. The molecule has 0 unspecified atom stereocenters. The van der Waals surface area contributed by atoms with E-state index in [1.54, 1.807) is 6.07 Å². The van der Waals surface area contributed by atoms with Crippen LogP contribution < -0.4 is 10.5 Å². The van der Waals surface area contributed by atoms with Crippen molar-refractivity contribution in [1.29, 1.82) is 0 Å². The molecule has 21 heavy (non-hydrogen) atoms. The van der Waals surface area contributed by atoms with Gasteiger partial charge in [-0.1, -0.05) is 0 Å². The van der Waals surface area contributed by atoms with Crippen LogP contribution in [0.4, 0.5) is 18.9 Å². The molecule has 4 nitrogen and oxygen atoms in total. The first-order valence-electron chi connectivity index (χ1n) is 5.85. The fourth-order valence-electron chi connectivity index (χ4n) is 1.78. The van der Waals surface area contributed by atoms with Gasteiger partial charge < -0.3 is 10.5 Å². The maximum absolute atomic E-state index is 12.7. The Kier molecular flexibility index (Phi) is 3.84. The average Bonchev–Trinajstić information content (AvgIpc) is 2.45. The molecule has 110 valence electrons. The minimum absolute atomic E-state index is 0.0549. The van der Waals surface area contributed by atoms with Crippen molar-refractivity contribution in [2.75, 3.05) is 12.8 Å². The first kappa shape index (κ1) is 14.8. The van der Waals surface area contributed by atoms with Crippen molar-refractivity contribution in [3.05, 3.63) is 53.3 Å². The van der Waals surface area contributed by atoms with Crippen molar-refractivity contribution in [3.8, 4) is 5.75 Å². The first-order chi connectivity index (χ1) is 9.84. The zero-order valence-electron chi connectivity index (χ0n) is 10.9. The normalized spacial score (nSPS) is 11.2. The van der Waals surface area contributed by atoms with Crippen molar-refractivity contribution >= 4 is 11.5 Å². The average molecular weight is 296 g/mol. The molecular formula is C14H11F3N2O2. The minimum atomic E-state index is -4.56. The summed E-state index contributed by atoms with van der Waals surface area (Å²) in [6, 6.07) is 5.62. The molecule has 2 rings (SSSR count). The van der Waals surface area contributed by atoms with E-state index in [-0.39, 0.29) is 22.7 Å². The summed E-state index contributed by atoms with van der Waals surface area (Å²) in [6.07, 6.45) is -3.21. The number of carbonyl (C=O) groups excluding carboxylic acids is 1. The summed E-state index contributed by atoms with van der Waals surface area (Å²) in [5.74, 6) is -0.560. The van der Waals surface area contributed by atoms with E-state index in [2.05, 4.69) is 4.98 Å². The molecule has 0 aliphatic heterocycles. The van der Waals surface area contributed by atoms with E-state index >= 15 is 0 Å². The number of ether oxygens (including phenoxy) is 1. The number of aromatic nitrogens is 1. The minimum Gasteiger partial charge on any atom is -0.494 e. The van der Waals surface area contributed by atoms with Crippen LogP contribution in [0.15, 0.2) is 36.5 Å². The maximum atomic E-state index is 12.7. The lowest BCUT2D eigenvalue weighted by Crippen LogP contribution is -2.12. The van der Waals surface area contributed by atoms with Crippen molar-refractivity contribution in [3.63, 3.8) is 0 Å². The topological polar surface area (TPSA) is 65.2 Å². The molecule has 0 fully saturated rings. The highest BCUT2D eigenvalue weighted by Crippen LogP contribution is 2.32. The molecule has 2 aromatic rings. The summed E-state index contributed by atoms with van der Waals surface area (Å²) in [6.45, 7) is 0. The quantitative estimate of drug-likeness (QED) is 0.698. The second-order valence-electron chi connectivity index (χ2n) is 4.18. The number of hydrogen-bond acceptors (Lipinski definition) is 4. The van der Waals surface area contributed by atoms with Crippen molar-refractivity contribution in [2.45, 2.75) is 6.18 Å². The number of nitrogens with two attached hydrogens (primary N) is 1. The number of ketones is 1. The molecule has 1 aromatic carbocycles. The van der Waals surface area contributed by atoms with Crippen LogP contribution in [0, 0.1) is 0 Å². The number of pyridine rings is 1. The molecule has 0 radical (unpaired) electrons. The van der Waals surface area contributed by atoms with E-state index in [4.69, 9.17) is 10.5 Å². The summed E-state index contributed by atoms with van der Waals surface area (Å²) in [5.41, 5.74) is 4.25. The van der Waals surface area contributed by atoms with Crippen LogP contribution in [-0.4, -0.2) is 17.9 Å². The van der Waals surface area contributed by atoms with Gasteiger partial charge >= 0.3 is 6.18 Å². The zero-order chi connectivity index (χ0) is 15.6. The third-order valence-corrected chi connectivity index (χ3v) is 2.83. The van der Waals surface area contributed by atoms with Crippen LogP contribution >= 0.6 is 0 Å². The van der Waals surface area contributed by atoms with Crippen molar-refractivity contribution in [1.82, 2.24) is 4.98 Å². The van der Waals surface area contributed by atoms with Gasteiger partial charge in [-0.05, 0) is 30.3 Å². The third-order valence-electron chi connectivity index (χ3n) is 2.83. The van der Waals surface area contributed by atoms with Crippen LogP contribution in [0.3, 0.4) is 0 Å². The number of rotatable bonds is 3. The van der Waals surface area contributed by atoms with Crippen LogP contribution in [0.1, 0.15) is 21.6 Å². The standard InChI is InChI=1S/C14H11F3N2O2/c1-21-11-3-2-6-19-12(11)13(20)9-7-8(14(15,16)17)4-5-10(9)18/h2-7H,18H2,1H3. The van der Waals surface area contributed by atoms with Crippen LogP contribution in [0.2, 0.25) is 0 Å². The molecule has 0 saturated carbocycles. The lowest BCUT2D eigenvalue weighted by Gasteiger charge is -2.11. The summed E-state index contributed by atoms with van der Waals surface area (Å²) in [4.78, 5) is 16.2. The molecule has 0 aliphatic rings. The van der Waals surface area contributed by atoms with Crippen LogP contribution in [-0.2, 0) is 6.18 Å². The number of hydrogen-bond donors (Lipinski definition) is 1. The molecule has 0 spiro atoms. The molecule has 2 N–H and O–H groups in total. The molecule has 0 aliphatic carbocycles. The Morgan fingerprint density at radius 3 is 2.62 bits per heavy atom. The van der Waals surface area contributed by atoms with E-state index < -0.39 is 17.5 Å². The summed E-state index contributed by atoms with van der Waals surface area (Å²) in [5, 5.41) is 0. The number of nitrogen functional groups attached to an aromatic ring is 1. The van der Waals surface area contributed by atoms with Gasteiger partial charge in [0, 0.05) is 17.4 Å². The van der Waals surface area contributed by atoms with Gasteiger partial charge in [-0.25, -0.2) is 4.98 Å². The number of benzene rings is 1. The second-order valence-corrected chi connectivity index (χ2v) is 4.18. The lowest BCUT2D eigenvalue weighted by molar-refractivity contribution is -0.137. The van der Waals surface area contributed by atoms with E-state index in [0.717, 1.165) is 12.1 Å². The zero-order valence-corrected chi connectivity index (χ0v) is 10.9. The molecular weight excluding hydrogens is 285 g/mol. The highest BCUT2D eigenvalue weighted by atomic mass is 19.4. The van der Waals surface area contributed by atoms with Gasteiger partial charge in [0.2, 0.25) is 5.78 Å². The second kappa shape index (κ2) is 5.43. The highest BCUT2D eigenvalue weighted by molar-refractivity contribution is 6.12. The molecule has 0 bridgehead atoms. The molecule has 0 atom stereocenters. The monoisotopic (exact) mass is 296 g/mol. The Bertz CT molecular complexity index is 684. The number of methoxy groups -OCH3 is 1. The first-order valence-corrected chi connectivity index (χ1v) is 5.85. The SMILES string of the molecule is COc1cccnc1C(=O)c1cc(C(F)(F)F)ccc1N. The van der Waals surface area contributed by atoms with Gasteiger partial charge in [0.1, 0.15) is 5.75 Å². The lowest BCUT2D eigenvalue weighted by atomic mass is 10.0. The van der Waals surface area contributed by atoms with E-state index in [9.17, 15) is 18.0 Å². The molecule has 0 saturated heterocycles. The van der Waals surface area contributed by atoms with Crippen molar-refractivity contribution < 1.29 is 22.7 Å². The third kappa shape index (κ3) is 2.96. The van der Waals surface area contributed by atoms with Gasteiger partial charge in [0.15, 0.2) is 5.69 Å². The Balaban J connectivity index is 2.53. The van der Waals surface area contributed by atoms with Crippen molar-refractivity contribution in [2.24, 2.45) is 0 Å². The molecule has 7 heteroatoms. The highest BCUT2D eigenvalue weighted by Gasteiger charge is 2.32. The molecule has 1 aromatic heterocycles. The fourth-order valence-corrected chi connectivity index (χ4v) is 1.78. The number of halogens is 3. The smallest absolute Gasteiger partial charge is 0.416 e. The van der Waals surface area contributed by atoms with Gasteiger partial charge in [-0.3, -0.25) is 4.79 Å². The van der Waals surface area contributed by atoms with Gasteiger partial charge in [-0.2, -0.15) is 13.2 Å². The predicted octanol–water partition coefficient (Wildman–Crippen LogP) is 2.92. The summed E-state index contributed by atoms with van der Waals surface area (Å²) >= 11 is 0. The Morgan fingerprint density at radius 1 is 1.29 bits per heavy atom. The number of alkyl halides is 3. The van der Waals surface area contributed by atoms with Crippen LogP contribution in [0.5, 0.6) is 5.75 Å². The Morgan fingerprint density at radius 2 is 2.00 bits per heavy atom. The van der Waals surface area contributed by atoms with Gasteiger partial charge in [-0.15, -0.1) is 0 Å². The Labute approximate surface area is 118 Å². The van der Waals surface area contributed by atoms with Gasteiger partial charge in [0.05, 0.1) is 12.7 Å². The predicted molar refractivity (Wildman–Crippen MR) is 70.1 cm³/mol. The summed E-state index contributed by atoms with van der Waals surface area (Å²) < 4.78 is 43.1. The van der Waals surface area contributed by atoms with Gasteiger partial charge in [0.25, 0.3) is 0 Å². The largest absolute Gasteiger partial charge is 0.494 e. The van der Waals surface area contributed by atoms with Crippen LogP contribution in [0.25, 0.3) is 0 Å². The number of anilines is 1. The van der Waals surface area contributed by atoms with E-state index in [1.165, 1.54) is 19.4 Å². The maximum Gasteiger partial charge on any atom is 0.416 e. The molecule has 0 amide bonds. The Hall–Kier alpha value is -2.57. The van der Waals surface area contributed by atoms with E-state index in [1.807, 2.05) is 0 Å². The summed E-state index contributed by atoms with van der Waals surface area (Å²) in [7, 11) is 1.34. The van der Waals surface area contributed by atoms with E-state index in [0.29, 0.717) is 6.07 Å². The fraction of sp³-hybridized carbons (Fsp3) is 0.143. The molecule has 1 heterocycles.